The molecule has 0 aliphatic carbocycles. The van der Waals surface area contributed by atoms with Gasteiger partial charge in [-0.3, -0.25) is 4.79 Å². The summed E-state index contributed by atoms with van der Waals surface area (Å²) in [4.78, 5) is 17.5. The van der Waals surface area contributed by atoms with Gasteiger partial charge in [0.05, 0.1) is 19.9 Å². The summed E-state index contributed by atoms with van der Waals surface area (Å²) in [5.41, 5.74) is 3.32. The Morgan fingerprint density at radius 3 is 2.35 bits per heavy atom. The maximum atomic E-state index is 12.9. The third kappa shape index (κ3) is 4.40. The monoisotopic (exact) mass is 414 g/mol. The predicted octanol–water partition coefficient (Wildman–Crippen LogP) is 4.51. The van der Waals surface area contributed by atoms with E-state index in [1.165, 1.54) is 0 Å². The van der Waals surface area contributed by atoms with Crippen molar-refractivity contribution in [3.8, 4) is 28.6 Å². The van der Waals surface area contributed by atoms with Crippen molar-refractivity contribution in [3.63, 3.8) is 0 Å². The smallest absolute Gasteiger partial charge is 0.295 e. The lowest BCUT2D eigenvalue weighted by atomic mass is 10.1. The zero-order chi connectivity index (χ0) is 21.8. The molecule has 156 valence electrons. The predicted molar refractivity (Wildman–Crippen MR) is 119 cm³/mol. The van der Waals surface area contributed by atoms with Crippen molar-refractivity contribution in [3.05, 3.63) is 84.2 Å². The normalized spacial score (nSPS) is 10.5. The van der Waals surface area contributed by atoms with Crippen molar-refractivity contribution in [2.75, 3.05) is 19.5 Å². The summed E-state index contributed by atoms with van der Waals surface area (Å²) in [7, 11) is 3.19. The van der Waals surface area contributed by atoms with E-state index in [-0.39, 0.29) is 5.82 Å². The van der Waals surface area contributed by atoms with E-state index in [2.05, 4.69) is 15.4 Å². The molecule has 4 rings (SSSR count). The van der Waals surface area contributed by atoms with Gasteiger partial charge in [-0.05, 0) is 49.4 Å². The van der Waals surface area contributed by atoms with Crippen molar-refractivity contribution in [1.29, 1.82) is 0 Å². The van der Waals surface area contributed by atoms with E-state index in [9.17, 15) is 4.79 Å². The first-order valence-corrected chi connectivity index (χ1v) is 9.71. The van der Waals surface area contributed by atoms with Crippen LogP contribution in [0.2, 0.25) is 0 Å². The number of hydrogen-bond donors (Lipinski definition) is 1. The van der Waals surface area contributed by atoms with Crippen LogP contribution in [0.1, 0.15) is 16.2 Å². The molecule has 0 fully saturated rings. The zero-order valence-electron chi connectivity index (χ0n) is 17.5. The Kier molecular flexibility index (Phi) is 5.66. The third-order valence-electron chi connectivity index (χ3n) is 4.73. The molecule has 0 saturated carbocycles. The van der Waals surface area contributed by atoms with Gasteiger partial charge in [-0.15, -0.1) is 5.10 Å². The highest BCUT2D eigenvalue weighted by Gasteiger charge is 2.19. The molecule has 3 aromatic carbocycles. The van der Waals surface area contributed by atoms with Gasteiger partial charge in [-0.2, -0.15) is 0 Å². The molecule has 4 aromatic rings. The molecular formula is C24H22N4O3. The van der Waals surface area contributed by atoms with Crippen molar-refractivity contribution >= 4 is 11.6 Å². The van der Waals surface area contributed by atoms with E-state index in [1.54, 1.807) is 37.1 Å². The lowest BCUT2D eigenvalue weighted by molar-refractivity contribution is 0.101. The molecule has 0 spiro atoms. The number of carbonyl (C=O) groups is 1. The molecule has 0 aliphatic rings. The standard InChI is InChI=1S/C24H22N4O3/c1-16-6-4-7-17(14-16)23-26-22(24(29)25-18-8-5-9-21(15-18)31-3)27-28(23)19-10-12-20(30-2)13-11-19/h4-15H,1-3H3,(H,25,29). The molecule has 1 heterocycles. The fraction of sp³-hybridized carbons (Fsp3) is 0.125. The third-order valence-corrected chi connectivity index (χ3v) is 4.73. The topological polar surface area (TPSA) is 78.3 Å². The Labute approximate surface area is 180 Å². The number of methoxy groups -OCH3 is 2. The summed E-state index contributed by atoms with van der Waals surface area (Å²) in [5.74, 6) is 1.61. The molecular weight excluding hydrogens is 392 g/mol. The average Bonchev–Trinajstić information content (AvgIpc) is 3.25. The summed E-state index contributed by atoms with van der Waals surface area (Å²) >= 11 is 0. The fourth-order valence-electron chi connectivity index (χ4n) is 3.17. The van der Waals surface area contributed by atoms with E-state index in [0.29, 0.717) is 17.3 Å². The molecule has 1 N–H and O–H groups in total. The summed E-state index contributed by atoms with van der Waals surface area (Å²) in [6, 6.07) is 22.5. The number of carbonyl (C=O) groups excluding carboxylic acids is 1. The zero-order valence-corrected chi connectivity index (χ0v) is 17.5. The number of amides is 1. The highest BCUT2D eigenvalue weighted by Crippen LogP contribution is 2.24. The number of ether oxygens (including phenoxy) is 2. The number of aromatic nitrogens is 3. The SMILES string of the molecule is COc1ccc(-n2nc(C(=O)Nc3cccc(OC)c3)nc2-c2cccc(C)c2)cc1. The highest BCUT2D eigenvalue weighted by atomic mass is 16.5. The van der Waals surface area contributed by atoms with Crippen LogP contribution in [0.4, 0.5) is 5.69 Å². The minimum absolute atomic E-state index is 0.0649. The highest BCUT2D eigenvalue weighted by molar-refractivity contribution is 6.02. The van der Waals surface area contributed by atoms with Crippen LogP contribution in [0.5, 0.6) is 11.5 Å². The molecule has 0 radical (unpaired) electrons. The van der Waals surface area contributed by atoms with Gasteiger partial charge in [-0.25, -0.2) is 9.67 Å². The minimum Gasteiger partial charge on any atom is -0.497 e. The summed E-state index contributed by atoms with van der Waals surface area (Å²) < 4.78 is 12.1. The van der Waals surface area contributed by atoms with Crippen molar-refractivity contribution < 1.29 is 14.3 Å². The maximum absolute atomic E-state index is 12.9. The van der Waals surface area contributed by atoms with Gasteiger partial charge in [0.15, 0.2) is 5.82 Å². The van der Waals surface area contributed by atoms with Crippen molar-refractivity contribution in [2.24, 2.45) is 0 Å². The Morgan fingerprint density at radius 1 is 0.903 bits per heavy atom. The van der Waals surface area contributed by atoms with E-state index in [1.807, 2.05) is 61.5 Å². The van der Waals surface area contributed by atoms with Crippen LogP contribution >= 0.6 is 0 Å². The number of nitrogens with zero attached hydrogens (tertiary/aromatic N) is 3. The summed E-state index contributed by atoms with van der Waals surface area (Å²) in [6.07, 6.45) is 0. The Bertz CT molecular complexity index is 1220. The van der Waals surface area contributed by atoms with Gasteiger partial charge in [0.25, 0.3) is 5.91 Å². The quantitative estimate of drug-likeness (QED) is 0.502. The van der Waals surface area contributed by atoms with Gasteiger partial charge in [0.1, 0.15) is 11.5 Å². The van der Waals surface area contributed by atoms with Gasteiger partial charge < -0.3 is 14.8 Å². The van der Waals surface area contributed by atoms with E-state index in [0.717, 1.165) is 22.6 Å². The summed E-state index contributed by atoms with van der Waals surface area (Å²) in [5, 5.41) is 7.33. The number of anilines is 1. The first-order chi connectivity index (χ1) is 15.1. The lowest BCUT2D eigenvalue weighted by Gasteiger charge is -2.07. The molecule has 0 saturated heterocycles. The first-order valence-electron chi connectivity index (χ1n) is 9.71. The molecule has 0 unspecified atom stereocenters. The van der Waals surface area contributed by atoms with Crippen molar-refractivity contribution in [2.45, 2.75) is 6.92 Å². The molecule has 0 aliphatic heterocycles. The Morgan fingerprint density at radius 2 is 1.65 bits per heavy atom. The average molecular weight is 414 g/mol. The second-order valence-corrected chi connectivity index (χ2v) is 6.92. The maximum Gasteiger partial charge on any atom is 0.295 e. The molecule has 7 heteroatoms. The van der Waals surface area contributed by atoms with Crippen LogP contribution in [0.15, 0.2) is 72.8 Å². The van der Waals surface area contributed by atoms with Crippen LogP contribution in [-0.4, -0.2) is 34.9 Å². The molecule has 7 nitrogen and oxygen atoms in total. The van der Waals surface area contributed by atoms with Gasteiger partial charge in [0, 0.05) is 17.3 Å². The van der Waals surface area contributed by atoms with Crippen molar-refractivity contribution in [1.82, 2.24) is 14.8 Å². The second kappa shape index (κ2) is 8.71. The van der Waals surface area contributed by atoms with Crippen LogP contribution in [0, 0.1) is 6.92 Å². The molecule has 1 amide bonds. The molecule has 1 aromatic heterocycles. The van der Waals surface area contributed by atoms with Gasteiger partial charge in [0.2, 0.25) is 5.82 Å². The van der Waals surface area contributed by atoms with Crippen LogP contribution in [-0.2, 0) is 0 Å². The molecule has 0 bridgehead atoms. The number of benzene rings is 3. The first kappa shape index (κ1) is 20.2. The van der Waals surface area contributed by atoms with Gasteiger partial charge >= 0.3 is 0 Å². The number of rotatable bonds is 6. The fourth-order valence-corrected chi connectivity index (χ4v) is 3.17. The largest absolute Gasteiger partial charge is 0.497 e. The van der Waals surface area contributed by atoms with Gasteiger partial charge in [-0.1, -0.05) is 29.8 Å². The van der Waals surface area contributed by atoms with E-state index in [4.69, 9.17) is 9.47 Å². The minimum atomic E-state index is -0.408. The Hall–Kier alpha value is -4.13. The number of nitrogens with one attached hydrogen (secondary N) is 1. The lowest BCUT2D eigenvalue weighted by Crippen LogP contribution is -2.14. The van der Waals surface area contributed by atoms with E-state index < -0.39 is 5.91 Å². The molecule has 31 heavy (non-hydrogen) atoms. The molecule has 0 atom stereocenters. The van der Waals surface area contributed by atoms with Crippen LogP contribution in [0.25, 0.3) is 17.1 Å². The summed E-state index contributed by atoms with van der Waals surface area (Å²) in [6.45, 7) is 2.01. The number of hydrogen-bond acceptors (Lipinski definition) is 5. The van der Waals surface area contributed by atoms with Crippen LogP contribution in [0.3, 0.4) is 0 Å². The number of aryl methyl sites for hydroxylation is 1. The Balaban J connectivity index is 1.74. The van der Waals surface area contributed by atoms with E-state index >= 15 is 0 Å². The van der Waals surface area contributed by atoms with Crippen LogP contribution < -0.4 is 14.8 Å². The second-order valence-electron chi connectivity index (χ2n) is 6.92.